The van der Waals surface area contributed by atoms with Gasteiger partial charge in [-0.25, -0.2) is 65.9 Å². The Kier molecular flexibility index (Phi) is 8.58. The second-order valence-electron chi connectivity index (χ2n) is 12.3. The van der Waals surface area contributed by atoms with E-state index in [4.69, 9.17) is 0 Å². The number of nitrogens with zero attached hydrogens (tertiary/aromatic N) is 1. The molecule has 4 nitrogen and oxygen atoms in total. The zero-order valence-electron chi connectivity index (χ0n) is 27.4. The Balaban J connectivity index is 1.75. The number of hydrogen-bond acceptors (Lipinski definition) is 0. The highest BCUT2D eigenvalue weighted by molar-refractivity contribution is 5.88. The van der Waals surface area contributed by atoms with Crippen molar-refractivity contribution in [3.8, 4) is 27.9 Å². The molecule has 8 rings (SSSR count). The highest BCUT2D eigenvalue weighted by atomic mass is 19.2. The first kappa shape index (κ1) is 37.1. The van der Waals surface area contributed by atoms with E-state index in [1.54, 1.807) is 12.1 Å². The molecule has 1 aliphatic heterocycles. The minimum absolute atomic E-state index is 0.117. The van der Waals surface area contributed by atoms with Crippen LogP contribution in [0.25, 0.3) is 52.2 Å². The van der Waals surface area contributed by atoms with Crippen molar-refractivity contribution >= 4 is 24.3 Å². The molecule has 57 heavy (non-hydrogen) atoms. The smallest absolute Gasteiger partial charge is 0.200 e. The molecule has 19 heteroatoms. The molecule has 3 N–H and O–H groups in total. The molecule has 0 radical (unpaired) electrons. The first-order valence-electron chi connectivity index (χ1n) is 15.8. The molecule has 3 aromatic carbocycles. The number of nitrogens with one attached hydrogen (secondary N) is 3. The molecular weight excluding hydrogens is 797 g/mol. The van der Waals surface area contributed by atoms with Crippen LogP contribution >= 0.6 is 0 Å². The van der Waals surface area contributed by atoms with E-state index in [0.717, 1.165) is 12.1 Å². The number of benzene rings is 3. The van der Waals surface area contributed by atoms with Crippen molar-refractivity contribution in [2.24, 2.45) is 0 Å². The maximum Gasteiger partial charge on any atom is 0.200 e. The lowest BCUT2D eigenvalue weighted by Crippen LogP contribution is -2.30. The fourth-order valence-electron chi connectivity index (χ4n) is 6.49. The molecular formula is C38H13F15N4. The molecule has 0 unspecified atom stereocenters. The maximum atomic E-state index is 16.0. The van der Waals surface area contributed by atoms with Crippen molar-refractivity contribution < 1.29 is 65.9 Å². The average Bonchev–Trinajstić information content (AvgIpc) is 4.00. The molecule has 4 aromatic heterocycles. The number of hydrogen-bond donors (Lipinski definition) is 3. The molecule has 8 bridgehead atoms. The van der Waals surface area contributed by atoms with E-state index in [1.165, 1.54) is 24.3 Å². The maximum absolute atomic E-state index is 16.0. The van der Waals surface area contributed by atoms with Gasteiger partial charge in [0, 0.05) is 44.6 Å². The van der Waals surface area contributed by atoms with E-state index in [1.807, 2.05) is 0 Å². The van der Waals surface area contributed by atoms with E-state index in [2.05, 4.69) is 15.0 Å². The van der Waals surface area contributed by atoms with E-state index >= 15 is 52.7 Å². The van der Waals surface area contributed by atoms with Gasteiger partial charge >= 0.3 is 0 Å². The second-order valence-corrected chi connectivity index (χ2v) is 12.3. The molecule has 7 aromatic rings. The lowest BCUT2D eigenvalue weighted by Gasteiger charge is -2.13. The van der Waals surface area contributed by atoms with Gasteiger partial charge in [0.05, 0.1) is 21.8 Å². The minimum Gasteiger partial charge on any atom is -0.355 e. The van der Waals surface area contributed by atoms with E-state index in [9.17, 15) is 13.2 Å². The fraction of sp³-hybridized carbons (Fsp3) is 0. The zero-order chi connectivity index (χ0) is 40.9. The van der Waals surface area contributed by atoms with E-state index in [-0.39, 0.29) is 27.3 Å². The molecule has 0 amide bonds. The lowest BCUT2D eigenvalue weighted by molar-refractivity contribution is 0.375. The standard InChI is InChI=1S/C38H13F15N4/c39-23-21(24(40)28(44)31(47)27(23)43)19-17-9-15-5-3-13(55-15)7-11-1-2-12(54-11)8-14-4-6-16(56-14)10-18(20(19)22-25(41)29(45)32(48)30(46)26(22)42)57(17)38-36(52)34(50)33(49)35(51)37(38)53/h1-10,54-56H. The third-order valence-corrected chi connectivity index (χ3v) is 8.97. The highest BCUT2D eigenvalue weighted by Crippen LogP contribution is 2.40. The highest BCUT2D eigenvalue weighted by Gasteiger charge is 2.37. The first-order valence-corrected chi connectivity index (χ1v) is 15.8. The predicted molar refractivity (Wildman–Crippen MR) is 171 cm³/mol. The molecule has 0 fully saturated rings. The molecule has 0 spiro atoms. The SMILES string of the molecule is Fc1c(F)c(F)c(-c2c(-c3c(F)c(F)c(F)c(F)c3F)c3n(-c4c(F)c(F)c(F)c(F)c4F)c2=Cc2ccc([nH]2)C=c2ccc([nH]2)=Cc2ccc([nH]2)C=3)c(F)c1F. The Hall–Kier alpha value is -6.79. The summed E-state index contributed by atoms with van der Waals surface area (Å²) in [6.07, 6.45) is 4.04. The van der Waals surface area contributed by atoms with Crippen molar-refractivity contribution in [3.63, 3.8) is 0 Å². The Bertz CT molecular complexity index is 2890. The summed E-state index contributed by atoms with van der Waals surface area (Å²) < 4.78 is 229. The van der Waals surface area contributed by atoms with Crippen LogP contribution in [0.2, 0.25) is 0 Å². The number of rotatable bonds is 3. The van der Waals surface area contributed by atoms with Gasteiger partial charge in [-0.2, -0.15) is 0 Å². The van der Waals surface area contributed by atoms with Crippen LogP contribution in [0.15, 0.2) is 36.4 Å². The summed E-state index contributed by atoms with van der Waals surface area (Å²) in [5.74, 6) is -41.2. The van der Waals surface area contributed by atoms with Crippen molar-refractivity contribution in [1.82, 2.24) is 19.5 Å². The van der Waals surface area contributed by atoms with Crippen LogP contribution < -0.4 is 21.4 Å². The van der Waals surface area contributed by atoms with Crippen LogP contribution in [-0.4, -0.2) is 19.5 Å². The summed E-state index contributed by atoms with van der Waals surface area (Å²) in [4.78, 5) is 8.44. The second kappa shape index (κ2) is 13.2. The summed E-state index contributed by atoms with van der Waals surface area (Å²) in [6, 6.07) is 8.07. The van der Waals surface area contributed by atoms with Crippen LogP contribution in [0, 0.1) is 87.3 Å². The summed E-state index contributed by atoms with van der Waals surface area (Å²) in [5.41, 5.74) is -10.3. The van der Waals surface area contributed by atoms with Gasteiger partial charge in [0.25, 0.3) is 0 Å². The molecule has 0 atom stereocenters. The van der Waals surface area contributed by atoms with Gasteiger partial charge in [-0.05, 0) is 60.7 Å². The van der Waals surface area contributed by atoms with Crippen LogP contribution in [-0.2, 0) is 0 Å². The van der Waals surface area contributed by atoms with E-state index < -0.39 is 126 Å². The molecule has 0 aliphatic carbocycles. The van der Waals surface area contributed by atoms with Gasteiger partial charge in [0.1, 0.15) is 5.69 Å². The number of aromatic nitrogens is 4. The van der Waals surface area contributed by atoms with Crippen molar-refractivity contribution in [3.05, 3.63) is 168 Å². The van der Waals surface area contributed by atoms with Gasteiger partial charge in [-0.1, -0.05) is 0 Å². The molecule has 0 saturated carbocycles. The summed E-state index contributed by atoms with van der Waals surface area (Å²) in [6.45, 7) is 0. The Morgan fingerprint density at radius 1 is 0.281 bits per heavy atom. The van der Waals surface area contributed by atoms with Gasteiger partial charge in [0.2, 0.25) is 17.5 Å². The molecule has 1 aliphatic rings. The third kappa shape index (κ3) is 5.58. The summed E-state index contributed by atoms with van der Waals surface area (Å²) >= 11 is 0. The summed E-state index contributed by atoms with van der Waals surface area (Å²) in [7, 11) is 0. The molecule has 0 saturated heterocycles. The lowest BCUT2D eigenvalue weighted by atomic mass is 9.94. The molecule has 290 valence electrons. The van der Waals surface area contributed by atoms with Gasteiger partial charge in [0.15, 0.2) is 69.8 Å². The quantitative estimate of drug-likeness (QED) is 0.0942. The first-order chi connectivity index (χ1) is 27.0. The number of fused-ring (bicyclic) bond motifs is 8. The predicted octanol–water partition coefficient (Wildman–Crippen LogP) is 7.51. The van der Waals surface area contributed by atoms with Gasteiger partial charge < -0.3 is 19.5 Å². The van der Waals surface area contributed by atoms with Crippen molar-refractivity contribution in [1.29, 1.82) is 0 Å². The van der Waals surface area contributed by atoms with Crippen LogP contribution in [0.4, 0.5) is 65.9 Å². The van der Waals surface area contributed by atoms with E-state index in [0.29, 0.717) is 22.9 Å². The normalized spacial score (nSPS) is 12.3. The van der Waals surface area contributed by atoms with Crippen molar-refractivity contribution in [2.45, 2.75) is 0 Å². The Morgan fingerprint density at radius 2 is 0.561 bits per heavy atom. The van der Waals surface area contributed by atoms with Gasteiger partial charge in [-0.15, -0.1) is 0 Å². The molecule has 5 heterocycles. The number of aromatic amines is 3. The van der Waals surface area contributed by atoms with Crippen LogP contribution in [0.1, 0.15) is 22.8 Å². The number of halogens is 15. The van der Waals surface area contributed by atoms with Crippen molar-refractivity contribution in [2.75, 3.05) is 0 Å². The minimum atomic E-state index is -2.81. The Labute approximate surface area is 305 Å². The monoisotopic (exact) mass is 810 g/mol. The average molecular weight is 811 g/mol. The third-order valence-electron chi connectivity index (χ3n) is 8.97. The van der Waals surface area contributed by atoms with Gasteiger partial charge in [-0.3, -0.25) is 0 Å². The largest absolute Gasteiger partial charge is 0.355 e. The Morgan fingerprint density at radius 3 is 0.895 bits per heavy atom. The van der Waals surface area contributed by atoms with Crippen LogP contribution in [0.5, 0.6) is 0 Å². The fourth-order valence-corrected chi connectivity index (χ4v) is 6.49. The number of H-pyrrole nitrogens is 3. The zero-order valence-corrected chi connectivity index (χ0v) is 27.4. The summed E-state index contributed by atoms with van der Waals surface area (Å²) in [5, 5.41) is -1.87. The topological polar surface area (TPSA) is 52.3 Å². The van der Waals surface area contributed by atoms with Crippen LogP contribution in [0.3, 0.4) is 0 Å².